The van der Waals surface area contributed by atoms with Gasteiger partial charge in [-0.15, -0.1) is 0 Å². The second-order valence-electron chi connectivity index (χ2n) is 6.92. The largest absolute Gasteiger partial charge is 0.374 e. The van der Waals surface area contributed by atoms with Crippen molar-refractivity contribution in [2.75, 3.05) is 13.2 Å². The summed E-state index contributed by atoms with van der Waals surface area (Å²) in [5.41, 5.74) is 1.62. The highest BCUT2D eigenvalue weighted by atomic mass is 19.1. The number of likely N-dealkylation sites (tertiary alicyclic amines) is 1. The van der Waals surface area contributed by atoms with E-state index in [1.165, 1.54) is 12.1 Å². The molecule has 1 aromatic heterocycles. The quantitative estimate of drug-likeness (QED) is 0.915. The Hall–Kier alpha value is -2.31. The van der Waals surface area contributed by atoms with Gasteiger partial charge in [-0.25, -0.2) is 4.39 Å². The minimum atomic E-state index is -0.226. The topological polar surface area (TPSA) is 54.5 Å². The molecule has 0 bridgehead atoms. The average Bonchev–Trinajstić information content (AvgIpc) is 3.02. The Labute approximate surface area is 152 Å². The molecule has 1 aromatic carbocycles. The second kappa shape index (κ2) is 7.51. The second-order valence-corrected chi connectivity index (χ2v) is 6.92. The van der Waals surface area contributed by atoms with Gasteiger partial charge in [-0.2, -0.15) is 0 Å². The van der Waals surface area contributed by atoms with Crippen LogP contribution in [-0.2, 0) is 11.3 Å². The number of hydrogen-bond acceptors (Lipinski definition) is 4. The summed E-state index contributed by atoms with van der Waals surface area (Å²) in [6.07, 6.45) is 5.27. The third-order valence-corrected chi connectivity index (χ3v) is 5.17. The normalized spacial score (nSPS) is 25.7. The Kier molecular flexibility index (Phi) is 4.95. The zero-order chi connectivity index (χ0) is 17.9. The van der Waals surface area contributed by atoms with E-state index in [9.17, 15) is 9.18 Å². The minimum absolute atomic E-state index is 0.00943. The number of carbonyl (C=O) groups excluding carboxylic acids is 1. The Morgan fingerprint density at radius 1 is 1.31 bits per heavy atom. The molecule has 0 saturated carbocycles. The molecule has 3 atom stereocenters. The van der Waals surface area contributed by atoms with E-state index in [0.29, 0.717) is 5.56 Å². The lowest BCUT2D eigenvalue weighted by Gasteiger charge is -2.32. The number of halogens is 1. The molecule has 0 spiro atoms. The molecular weight excluding hydrogens is 333 g/mol. The number of ether oxygens (including phenoxy) is 1. The van der Waals surface area contributed by atoms with Crippen LogP contribution in [0.25, 0.3) is 0 Å². The molecule has 3 heterocycles. The predicted molar refractivity (Wildman–Crippen MR) is 95.1 cm³/mol. The van der Waals surface area contributed by atoms with Crippen LogP contribution in [-0.4, -0.2) is 47.1 Å². The van der Waals surface area contributed by atoms with Crippen LogP contribution in [0.5, 0.6) is 0 Å². The molecule has 2 aliphatic rings. The van der Waals surface area contributed by atoms with Crippen LogP contribution in [0.4, 0.5) is 4.39 Å². The fraction of sp³-hybridized carbons (Fsp3) is 0.400. The molecule has 4 rings (SSSR count). The molecule has 1 amide bonds. The summed E-state index contributed by atoms with van der Waals surface area (Å²) in [6.45, 7) is 2.17. The summed E-state index contributed by atoms with van der Waals surface area (Å²) in [7, 11) is 0. The van der Waals surface area contributed by atoms with Gasteiger partial charge in [0.15, 0.2) is 0 Å². The van der Waals surface area contributed by atoms with Crippen LogP contribution in [0.1, 0.15) is 28.8 Å². The highest BCUT2D eigenvalue weighted by molar-refractivity contribution is 5.94. The first kappa shape index (κ1) is 17.1. The molecule has 0 unspecified atom stereocenters. The van der Waals surface area contributed by atoms with Gasteiger partial charge in [0.2, 0.25) is 0 Å². The van der Waals surface area contributed by atoms with Crippen molar-refractivity contribution in [2.24, 2.45) is 0 Å². The van der Waals surface area contributed by atoms with E-state index >= 15 is 0 Å². The molecule has 2 fully saturated rings. The maximum Gasteiger partial charge on any atom is 0.253 e. The lowest BCUT2D eigenvalue weighted by Crippen LogP contribution is -2.47. The molecule has 26 heavy (non-hydrogen) atoms. The standard InChI is InChI=1S/C20H22FN3O2/c21-16-7-5-14(6-8-16)12-24-13-17(19-18(24)4-2-10-26-19)23-20(25)15-3-1-9-22-11-15/h1,3,5-9,11,17-19H,2,4,10,12-13H2,(H,23,25)/t17-,18-,19-/m1/s1. The van der Waals surface area contributed by atoms with Gasteiger partial charge in [0.25, 0.3) is 5.91 Å². The number of pyridine rings is 1. The van der Waals surface area contributed by atoms with E-state index in [1.807, 2.05) is 12.1 Å². The summed E-state index contributed by atoms with van der Waals surface area (Å²) >= 11 is 0. The van der Waals surface area contributed by atoms with E-state index < -0.39 is 0 Å². The summed E-state index contributed by atoms with van der Waals surface area (Å²) in [5, 5.41) is 3.11. The molecule has 0 radical (unpaired) electrons. The first-order valence-electron chi connectivity index (χ1n) is 9.02. The van der Waals surface area contributed by atoms with Crippen LogP contribution in [0.15, 0.2) is 48.8 Å². The Morgan fingerprint density at radius 2 is 2.15 bits per heavy atom. The molecule has 136 valence electrons. The number of nitrogens with zero attached hydrogens (tertiary/aromatic N) is 2. The van der Waals surface area contributed by atoms with Gasteiger partial charge < -0.3 is 10.1 Å². The third-order valence-electron chi connectivity index (χ3n) is 5.17. The Morgan fingerprint density at radius 3 is 2.92 bits per heavy atom. The number of amides is 1. The van der Waals surface area contributed by atoms with E-state index in [2.05, 4.69) is 15.2 Å². The Bertz CT molecular complexity index is 753. The maximum absolute atomic E-state index is 13.1. The van der Waals surface area contributed by atoms with Crippen LogP contribution >= 0.6 is 0 Å². The van der Waals surface area contributed by atoms with E-state index in [-0.39, 0.29) is 29.9 Å². The van der Waals surface area contributed by atoms with E-state index in [1.54, 1.807) is 24.5 Å². The van der Waals surface area contributed by atoms with Crippen molar-refractivity contribution in [3.05, 3.63) is 65.7 Å². The van der Waals surface area contributed by atoms with E-state index in [4.69, 9.17) is 4.74 Å². The number of nitrogens with one attached hydrogen (secondary N) is 1. The molecule has 2 aliphatic heterocycles. The van der Waals surface area contributed by atoms with Crippen LogP contribution in [0.2, 0.25) is 0 Å². The highest BCUT2D eigenvalue weighted by Crippen LogP contribution is 2.30. The highest BCUT2D eigenvalue weighted by Gasteiger charge is 2.44. The van der Waals surface area contributed by atoms with Crippen molar-refractivity contribution in [3.8, 4) is 0 Å². The first-order valence-corrected chi connectivity index (χ1v) is 9.02. The van der Waals surface area contributed by atoms with Gasteiger partial charge in [-0.3, -0.25) is 14.7 Å². The van der Waals surface area contributed by atoms with Crippen LogP contribution in [0.3, 0.4) is 0 Å². The van der Waals surface area contributed by atoms with Crippen LogP contribution < -0.4 is 5.32 Å². The number of hydrogen-bond donors (Lipinski definition) is 1. The van der Waals surface area contributed by atoms with Gasteiger partial charge in [-0.05, 0) is 42.7 Å². The molecular formula is C20H22FN3O2. The molecule has 2 aromatic rings. The van der Waals surface area contributed by atoms with Crippen molar-refractivity contribution >= 4 is 5.91 Å². The fourth-order valence-corrected chi connectivity index (χ4v) is 3.94. The zero-order valence-electron chi connectivity index (χ0n) is 14.5. The summed E-state index contributed by atoms with van der Waals surface area (Å²) in [4.78, 5) is 18.9. The van der Waals surface area contributed by atoms with Crippen molar-refractivity contribution in [1.82, 2.24) is 15.2 Å². The minimum Gasteiger partial charge on any atom is -0.374 e. The first-order chi connectivity index (χ1) is 12.7. The van der Waals surface area contributed by atoms with Gasteiger partial charge in [0.05, 0.1) is 17.7 Å². The molecule has 6 heteroatoms. The number of benzene rings is 1. The Balaban J connectivity index is 1.47. The van der Waals surface area contributed by atoms with E-state index in [0.717, 1.165) is 38.1 Å². The van der Waals surface area contributed by atoms with Gasteiger partial charge in [-0.1, -0.05) is 12.1 Å². The van der Waals surface area contributed by atoms with Gasteiger partial charge in [0.1, 0.15) is 5.82 Å². The lowest BCUT2D eigenvalue weighted by atomic mass is 10.0. The summed E-state index contributed by atoms with van der Waals surface area (Å²) in [5.74, 6) is -0.352. The molecule has 5 nitrogen and oxygen atoms in total. The van der Waals surface area contributed by atoms with Crippen LogP contribution in [0, 0.1) is 5.82 Å². The summed E-state index contributed by atoms with van der Waals surface area (Å²) in [6, 6.07) is 10.3. The number of fused-ring (bicyclic) bond motifs is 1. The monoisotopic (exact) mass is 355 g/mol. The lowest BCUT2D eigenvalue weighted by molar-refractivity contribution is -0.0211. The van der Waals surface area contributed by atoms with Gasteiger partial charge in [0, 0.05) is 38.1 Å². The number of aromatic nitrogens is 1. The predicted octanol–water partition coefficient (Wildman–Crippen LogP) is 2.38. The molecule has 0 aliphatic carbocycles. The molecule has 1 N–H and O–H groups in total. The maximum atomic E-state index is 13.1. The van der Waals surface area contributed by atoms with Crippen molar-refractivity contribution in [3.63, 3.8) is 0 Å². The van der Waals surface area contributed by atoms with Crippen molar-refractivity contribution in [1.29, 1.82) is 0 Å². The fourth-order valence-electron chi connectivity index (χ4n) is 3.94. The average molecular weight is 355 g/mol. The number of carbonyl (C=O) groups is 1. The SMILES string of the molecule is O=C(N[C@@H]1CN(Cc2ccc(F)cc2)[C@@H]2CCCO[C@@H]21)c1cccnc1. The van der Waals surface area contributed by atoms with Crippen molar-refractivity contribution in [2.45, 2.75) is 37.6 Å². The molecule has 2 saturated heterocycles. The number of rotatable bonds is 4. The van der Waals surface area contributed by atoms with Gasteiger partial charge >= 0.3 is 0 Å². The smallest absolute Gasteiger partial charge is 0.253 e. The third kappa shape index (κ3) is 3.61. The zero-order valence-corrected chi connectivity index (χ0v) is 14.5. The summed E-state index contributed by atoms with van der Waals surface area (Å²) < 4.78 is 19.2. The van der Waals surface area contributed by atoms with Crippen molar-refractivity contribution < 1.29 is 13.9 Å².